The van der Waals surface area contributed by atoms with Crippen molar-refractivity contribution < 1.29 is 13.2 Å². The highest BCUT2D eigenvalue weighted by Crippen LogP contribution is 2.20. The fourth-order valence-corrected chi connectivity index (χ4v) is 3.67. The van der Waals surface area contributed by atoms with Gasteiger partial charge >= 0.3 is 0 Å². The minimum Gasteiger partial charge on any atom is -0.494 e. The molecular weight excluding hydrogens is 300 g/mol. The summed E-state index contributed by atoms with van der Waals surface area (Å²) >= 11 is 0. The molecular formula is C13H21ClN2O3S. The second-order valence-corrected chi connectivity index (χ2v) is 6.56. The van der Waals surface area contributed by atoms with Crippen LogP contribution < -0.4 is 10.1 Å². The monoisotopic (exact) mass is 320 g/mol. The van der Waals surface area contributed by atoms with Gasteiger partial charge in [0.15, 0.2) is 0 Å². The number of sulfonamides is 1. The molecule has 1 fully saturated rings. The summed E-state index contributed by atoms with van der Waals surface area (Å²) < 4.78 is 31.8. The molecule has 0 bridgehead atoms. The highest BCUT2D eigenvalue weighted by molar-refractivity contribution is 7.89. The Morgan fingerprint density at radius 3 is 2.55 bits per heavy atom. The van der Waals surface area contributed by atoms with Gasteiger partial charge < -0.3 is 10.1 Å². The van der Waals surface area contributed by atoms with Crippen molar-refractivity contribution in [2.24, 2.45) is 0 Å². The van der Waals surface area contributed by atoms with Gasteiger partial charge in [0.1, 0.15) is 5.75 Å². The largest absolute Gasteiger partial charge is 0.494 e. The molecule has 1 aromatic rings. The Bertz CT molecular complexity index is 519. The average molecular weight is 321 g/mol. The molecule has 1 aromatic carbocycles. The van der Waals surface area contributed by atoms with Gasteiger partial charge in [0.05, 0.1) is 11.5 Å². The number of nitrogens with one attached hydrogen (secondary N) is 1. The summed E-state index contributed by atoms with van der Waals surface area (Å²) in [5, 5.41) is 3.24. The normalized spacial score (nSPS) is 20.2. The first-order valence-corrected chi connectivity index (χ1v) is 7.94. The highest BCUT2D eigenvalue weighted by Gasteiger charge is 2.28. The lowest BCUT2D eigenvalue weighted by molar-refractivity contribution is 0.310. The number of rotatable bonds is 4. The molecule has 0 saturated carbocycles. The van der Waals surface area contributed by atoms with Crippen molar-refractivity contribution in [1.29, 1.82) is 0 Å². The van der Waals surface area contributed by atoms with E-state index in [1.807, 2.05) is 13.8 Å². The topological polar surface area (TPSA) is 58.6 Å². The summed E-state index contributed by atoms with van der Waals surface area (Å²) in [4.78, 5) is 0.324. The predicted octanol–water partition coefficient (Wildman–Crippen LogP) is 1.49. The van der Waals surface area contributed by atoms with Crippen LogP contribution in [-0.2, 0) is 10.0 Å². The first-order chi connectivity index (χ1) is 9.04. The Labute approximate surface area is 126 Å². The fraction of sp³-hybridized carbons (Fsp3) is 0.538. The van der Waals surface area contributed by atoms with Gasteiger partial charge in [-0.15, -0.1) is 12.4 Å². The van der Waals surface area contributed by atoms with E-state index in [-0.39, 0.29) is 18.4 Å². The second-order valence-electron chi connectivity index (χ2n) is 4.62. The molecule has 1 aliphatic rings. The Morgan fingerprint density at radius 1 is 1.35 bits per heavy atom. The van der Waals surface area contributed by atoms with Crippen molar-refractivity contribution >= 4 is 22.4 Å². The molecule has 5 nitrogen and oxygen atoms in total. The lowest BCUT2D eigenvalue weighted by Crippen LogP contribution is -2.51. The van der Waals surface area contributed by atoms with E-state index >= 15 is 0 Å². The van der Waals surface area contributed by atoms with Crippen molar-refractivity contribution in [2.75, 3.05) is 26.2 Å². The molecule has 1 aliphatic heterocycles. The van der Waals surface area contributed by atoms with Gasteiger partial charge in [0, 0.05) is 25.7 Å². The van der Waals surface area contributed by atoms with Crippen molar-refractivity contribution in [1.82, 2.24) is 9.62 Å². The lowest BCUT2D eigenvalue weighted by atomic mass is 10.3. The molecule has 2 rings (SSSR count). The summed E-state index contributed by atoms with van der Waals surface area (Å²) in [7, 11) is -3.39. The van der Waals surface area contributed by atoms with Gasteiger partial charge in [-0.05, 0) is 38.1 Å². The maximum Gasteiger partial charge on any atom is 0.243 e. The summed E-state index contributed by atoms with van der Waals surface area (Å²) in [5.74, 6) is 0.690. The number of piperazine rings is 1. The molecule has 1 atom stereocenters. The van der Waals surface area contributed by atoms with Crippen LogP contribution in [0.25, 0.3) is 0 Å². The summed E-state index contributed by atoms with van der Waals surface area (Å²) in [6.07, 6.45) is 0. The molecule has 0 aliphatic carbocycles. The Balaban J connectivity index is 0.00000200. The average Bonchev–Trinajstić information content (AvgIpc) is 2.40. The summed E-state index contributed by atoms with van der Waals surface area (Å²) in [5.41, 5.74) is 0. The molecule has 1 unspecified atom stereocenters. The van der Waals surface area contributed by atoms with Gasteiger partial charge in [-0.2, -0.15) is 4.31 Å². The molecule has 1 saturated heterocycles. The van der Waals surface area contributed by atoms with E-state index < -0.39 is 10.0 Å². The van der Waals surface area contributed by atoms with Crippen molar-refractivity contribution in [3.8, 4) is 5.75 Å². The van der Waals surface area contributed by atoms with Crippen molar-refractivity contribution in [2.45, 2.75) is 24.8 Å². The molecule has 0 aromatic heterocycles. The van der Waals surface area contributed by atoms with Crippen LogP contribution in [0, 0.1) is 0 Å². The number of halogens is 1. The number of ether oxygens (including phenoxy) is 1. The Kier molecular flexibility index (Phi) is 6.26. The molecule has 20 heavy (non-hydrogen) atoms. The van der Waals surface area contributed by atoms with Gasteiger partial charge in [-0.3, -0.25) is 0 Å². The van der Waals surface area contributed by atoms with Crippen LogP contribution >= 0.6 is 12.4 Å². The third-order valence-electron chi connectivity index (χ3n) is 3.10. The van der Waals surface area contributed by atoms with Gasteiger partial charge in [0.25, 0.3) is 0 Å². The van der Waals surface area contributed by atoms with Crippen LogP contribution in [-0.4, -0.2) is 45.0 Å². The van der Waals surface area contributed by atoms with E-state index in [0.29, 0.717) is 36.9 Å². The minimum atomic E-state index is -3.39. The van der Waals surface area contributed by atoms with Crippen LogP contribution in [0.5, 0.6) is 5.75 Å². The van der Waals surface area contributed by atoms with Crippen LogP contribution in [0.2, 0.25) is 0 Å². The van der Waals surface area contributed by atoms with E-state index in [1.165, 1.54) is 4.31 Å². The first kappa shape index (κ1) is 17.2. The summed E-state index contributed by atoms with van der Waals surface area (Å²) in [6.45, 7) is 6.17. The molecule has 0 amide bonds. The van der Waals surface area contributed by atoms with Crippen LogP contribution in [0.4, 0.5) is 0 Å². The first-order valence-electron chi connectivity index (χ1n) is 6.50. The van der Waals surface area contributed by atoms with E-state index in [2.05, 4.69) is 5.32 Å². The fourth-order valence-electron chi connectivity index (χ4n) is 2.14. The van der Waals surface area contributed by atoms with Crippen LogP contribution in [0.15, 0.2) is 29.2 Å². The van der Waals surface area contributed by atoms with E-state index in [1.54, 1.807) is 24.3 Å². The minimum absolute atomic E-state index is 0. The second kappa shape index (κ2) is 7.26. The SMILES string of the molecule is CCOc1ccc(S(=O)(=O)N2CCNC(C)C2)cc1.Cl. The predicted molar refractivity (Wildman–Crippen MR) is 81.1 cm³/mol. The number of hydrogen-bond donors (Lipinski definition) is 1. The van der Waals surface area contributed by atoms with Crippen LogP contribution in [0.1, 0.15) is 13.8 Å². The van der Waals surface area contributed by atoms with Gasteiger partial charge in [-0.25, -0.2) is 8.42 Å². The zero-order valence-corrected chi connectivity index (χ0v) is 13.3. The van der Waals surface area contributed by atoms with Crippen LogP contribution in [0.3, 0.4) is 0 Å². The standard InChI is InChI=1S/C13H20N2O3S.ClH/c1-3-18-12-4-6-13(7-5-12)19(16,17)15-9-8-14-11(2)10-15;/h4-7,11,14H,3,8-10H2,1-2H3;1H. The molecule has 1 heterocycles. The Morgan fingerprint density at radius 2 is 2.00 bits per heavy atom. The number of hydrogen-bond acceptors (Lipinski definition) is 4. The van der Waals surface area contributed by atoms with Gasteiger partial charge in [0.2, 0.25) is 10.0 Å². The Hall–Kier alpha value is -0.820. The third-order valence-corrected chi connectivity index (χ3v) is 4.98. The van der Waals surface area contributed by atoms with Crippen molar-refractivity contribution in [3.05, 3.63) is 24.3 Å². The van der Waals surface area contributed by atoms with E-state index in [9.17, 15) is 8.42 Å². The van der Waals surface area contributed by atoms with E-state index in [4.69, 9.17) is 4.74 Å². The quantitative estimate of drug-likeness (QED) is 0.913. The van der Waals surface area contributed by atoms with Crippen molar-refractivity contribution in [3.63, 3.8) is 0 Å². The zero-order chi connectivity index (χ0) is 13.9. The summed E-state index contributed by atoms with van der Waals surface area (Å²) in [6, 6.07) is 6.79. The molecule has 1 N–H and O–H groups in total. The number of benzene rings is 1. The highest BCUT2D eigenvalue weighted by atomic mass is 35.5. The van der Waals surface area contributed by atoms with Gasteiger partial charge in [-0.1, -0.05) is 0 Å². The smallest absolute Gasteiger partial charge is 0.243 e. The molecule has 0 radical (unpaired) electrons. The molecule has 114 valence electrons. The maximum absolute atomic E-state index is 12.5. The molecule has 7 heteroatoms. The molecule has 0 spiro atoms. The number of nitrogens with zero attached hydrogens (tertiary/aromatic N) is 1. The zero-order valence-electron chi connectivity index (χ0n) is 11.7. The maximum atomic E-state index is 12.5. The third kappa shape index (κ3) is 3.85. The van der Waals surface area contributed by atoms with E-state index in [0.717, 1.165) is 0 Å². The lowest BCUT2D eigenvalue weighted by Gasteiger charge is -2.31.